The van der Waals surface area contributed by atoms with Crippen LogP contribution in [0.15, 0.2) is 30.3 Å². The standard InChI is InChI=1S/C8H8ClO2S/c1-12(10,11)8(9)7-5-3-2-4-6-7/h2-6,8H,1H2. The van der Waals surface area contributed by atoms with Gasteiger partial charge in [-0.05, 0) is 5.56 Å². The third kappa shape index (κ3) is 2.22. The van der Waals surface area contributed by atoms with Gasteiger partial charge in [0.05, 0.1) is 6.26 Å². The van der Waals surface area contributed by atoms with E-state index in [-0.39, 0.29) is 0 Å². The predicted octanol–water partition coefficient (Wildman–Crippen LogP) is 2.13. The summed E-state index contributed by atoms with van der Waals surface area (Å²) in [6.07, 6.45) is 2.99. The van der Waals surface area contributed by atoms with Gasteiger partial charge in [0.1, 0.15) is 0 Å². The maximum absolute atomic E-state index is 10.9. The summed E-state index contributed by atoms with van der Waals surface area (Å²) in [5.74, 6) is 0. The summed E-state index contributed by atoms with van der Waals surface area (Å²) >= 11 is 5.63. The zero-order valence-electron chi connectivity index (χ0n) is 6.27. The third-order valence-corrected chi connectivity index (χ3v) is 3.35. The van der Waals surface area contributed by atoms with Gasteiger partial charge >= 0.3 is 0 Å². The molecule has 0 N–H and O–H groups in total. The lowest BCUT2D eigenvalue weighted by Gasteiger charge is -2.05. The monoisotopic (exact) mass is 203 g/mol. The Labute approximate surface area is 77.1 Å². The molecule has 1 rings (SSSR count). The highest BCUT2D eigenvalue weighted by molar-refractivity contribution is 7.93. The van der Waals surface area contributed by atoms with Crippen LogP contribution in [-0.4, -0.2) is 8.42 Å². The Kier molecular flexibility index (Phi) is 2.75. The number of halogens is 1. The maximum atomic E-state index is 10.9. The maximum Gasteiger partial charge on any atom is 0.172 e. The van der Waals surface area contributed by atoms with Crippen molar-refractivity contribution >= 4 is 21.4 Å². The summed E-state index contributed by atoms with van der Waals surface area (Å²) in [5.41, 5.74) is 0.550. The van der Waals surface area contributed by atoms with Crippen molar-refractivity contribution in [1.29, 1.82) is 0 Å². The average molecular weight is 204 g/mol. The molecule has 0 spiro atoms. The second kappa shape index (κ2) is 3.46. The quantitative estimate of drug-likeness (QED) is 0.691. The molecular weight excluding hydrogens is 196 g/mol. The van der Waals surface area contributed by atoms with Gasteiger partial charge in [0.25, 0.3) is 0 Å². The number of rotatable bonds is 2. The van der Waals surface area contributed by atoms with Crippen molar-refractivity contribution in [3.63, 3.8) is 0 Å². The first-order chi connectivity index (χ1) is 5.52. The molecule has 0 bridgehead atoms. The molecule has 0 heterocycles. The number of hydrogen-bond donors (Lipinski definition) is 0. The highest BCUT2D eigenvalue weighted by atomic mass is 35.5. The summed E-state index contributed by atoms with van der Waals surface area (Å²) in [7, 11) is -3.44. The first-order valence-corrected chi connectivity index (χ1v) is 5.43. The molecule has 1 radical (unpaired) electrons. The van der Waals surface area contributed by atoms with E-state index in [1.54, 1.807) is 30.3 Å². The van der Waals surface area contributed by atoms with E-state index in [0.717, 1.165) is 0 Å². The summed E-state index contributed by atoms with van der Waals surface area (Å²) in [6.45, 7) is 0. The van der Waals surface area contributed by atoms with Crippen LogP contribution in [0.1, 0.15) is 10.3 Å². The fraction of sp³-hybridized carbons (Fsp3) is 0.125. The van der Waals surface area contributed by atoms with E-state index < -0.39 is 14.5 Å². The molecule has 12 heavy (non-hydrogen) atoms. The van der Waals surface area contributed by atoms with Gasteiger partial charge in [0.15, 0.2) is 14.5 Å². The van der Waals surface area contributed by atoms with E-state index in [4.69, 9.17) is 11.6 Å². The number of benzene rings is 1. The minimum atomic E-state index is -3.44. The van der Waals surface area contributed by atoms with Gasteiger partial charge in [-0.2, -0.15) is 0 Å². The Hall–Kier alpha value is -0.540. The highest BCUT2D eigenvalue weighted by Gasteiger charge is 2.18. The van der Waals surface area contributed by atoms with Crippen LogP contribution in [0.2, 0.25) is 0 Å². The molecule has 2 nitrogen and oxygen atoms in total. The number of hydrogen-bond acceptors (Lipinski definition) is 2. The molecule has 1 atom stereocenters. The Morgan fingerprint density at radius 1 is 1.25 bits per heavy atom. The lowest BCUT2D eigenvalue weighted by Crippen LogP contribution is -2.02. The number of sulfone groups is 1. The van der Waals surface area contributed by atoms with Crippen LogP contribution in [0.25, 0.3) is 0 Å². The Balaban J connectivity index is 3.02. The molecule has 0 aliphatic carbocycles. The van der Waals surface area contributed by atoms with Gasteiger partial charge in [0.2, 0.25) is 0 Å². The van der Waals surface area contributed by atoms with Gasteiger partial charge in [-0.3, -0.25) is 0 Å². The van der Waals surface area contributed by atoms with E-state index >= 15 is 0 Å². The van der Waals surface area contributed by atoms with Crippen LogP contribution in [0.4, 0.5) is 0 Å². The minimum absolute atomic E-state index is 0.550. The zero-order valence-corrected chi connectivity index (χ0v) is 7.85. The van der Waals surface area contributed by atoms with E-state index in [9.17, 15) is 8.42 Å². The van der Waals surface area contributed by atoms with Crippen LogP contribution >= 0.6 is 11.6 Å². The summed E-state index contributed by atoms with van der Waals surface area (Å²) in [4.78, 5) is 0. The second-order valence-electron chi connectivity index (χ2n) is 2.39. The van der Waals surface area contributed by atoms with Crippen molar-refractivity contribution in [2.75, 3.05) is 0 Å². The molecule has 1 unspecified atom stereocenters. The van der Waals surface area contributed by atoms with Crippen LogP contribution in [0.5, 0.6) is 0 Å². The van der Waals surface area contributed by atoms with Crippen molar-refractivity contribution in [2.45, 2.75) is 4.71 Å². The molecule has 0 aliphatic heterocycles. The Morgan fingerprint density at radius 3 is 2.17 bits per heavy atom. The first kappa shape index (κ1) is 9.55. The van der Waals surface area contributed by atoms with Crippen LogP contribution in [-0.2, 0) is 9.84 Å². The summed E-state index contributed by atoms with van der Waals surface area (Å²) < 4.78 is 20.7. The Bertz CT molecular complexity index is 345. The van der Waals surface area contributed by atoms with Crippen molar-refractivity contribution in [3.05, 3.63) is 42.2 Å². The van der Waals surface area contributed by atoms with Crippen LogP contribution in [0.3, 0.4) is 0 Å². The van der Waals surface area contributed by atoms with E-state index in [1.807, 2.05) is 0 Å². The first-order valence-electron chi connectivity index (χ1n) is 3.28. The van der Waals surface area contributed by atoms with Gasteiger partial charge in [-0.15, -0.1) is 11.6 Å². The fourth-order valence-electron chi connectivity index (χ4n) is 0.812. The molecule has 65 valence electrons. The molecule has 0 aromatic heterocycles. The predicted molar refractivity (Wildman–Crippen MR) is 49.3 cm³/mol. The van der Waals surface area contributed by atoms with E-state index in [1.165, 1.54) is 0 Å². The molecule has 0 fully saturated rings. The normalized spacial score (nSPS) is 14.2. The minimum Gasteiger partial charge on any atom is -0.227 e. The molecule has 1 aromatic rings. The topological polar surface area (TPSA) is 34.1 Å². The molecule has 0 saturated heterocycles. The molecular formula is C8H8ClO2S. The van der Waals surface area contributed by atoms with Crippen molar-refractivity contribution < 1.29 is 8.42 Å². The summed E-state index contributed by atoms with van der Waals surface area (Å²) in [6, 6.07) is 8.56. The average Bonchev–Trinajstić information content (AvgIpc) is 2.03. The SMILES string of the molecule is [CH2]S(=O)(=O)C(Cl)c1ccccc1. The molecule has 0 saturated carbocycles. The lowest BCUT2D eigenvalue weighted by molar-refractivity contribution is 0.602. The van der Waals surface area contributed by atoms with E-state index in [0.29, 0.717) is 5.56 Å². The third-order valence-electron chi connectivity index (χ3n) is 1.38. The lowest BCUT2D eigenvalue weighted by atomic mass is 10.2. The van der Waals surface area contributed by atoms with Gasteiger partial charge in [-0.1, -0.05) is 30.3 Å². The molecule has 4 heteroatoms. The smallest absolute Gasteiger partial charge is 0.172 e. The fourth-order valence-corrected chi connectivity index (χ4v) is 1.53. The number of alkyl halides is 1. The van der Waals surface area contributed by atoms with Crippen molar-refractivity contribution in [2.24, 2.45) is 0 Å². The highest BCUT2D eigenvalue weighted by Crippen LogP contribution is 2.25. The van der Waals surface area contributed by atoms with Gasteiger partial charge in [-0.25, -0.2) is 8.42 Å². The van der Waals surface area contributed by atoms with Gasteiger partial charge in [0, 0.05) is 0 Å². The van der Waals surface area contributed by atoms with E-state index in [2.05, 4.69) is 6.26 Å². The molecule has 0 aliphatic rings. The summed E-state index contributed by atoms with van der Waals surface area (Å²) in [5, 5.41) is 0. The Morgan fingerprint density at radius 2 is 1.75 bits per heavy atom. The molecule has 0 amide bonds. The van der Waals surface area contributed by atoms with Crippen molar-refractivity contribution in [3.8, 4) is 0 Å². The molecule has 1 aromatic carbocycles. The van der Waals surface area contributed by atoms with Gasteiger partial charge < -0.3 is 0 Å². The largest absolute Gasteiger partial charge is 0.227 e. The zero-order chi connectivity index (χ0) is 9.19. The second-order valence-corrected chi connectivity index (χ2v) is 4.88. The van der Waals surface area contributed by atoms with Crippen LogP contribution in [0, 0.1) is 6.26 Å². The van der Waals surface area contributed by atoms with Crippen LogP contribution < -0.4 is 0 Å². The van der Waals surface area contributed by atoms with Crippen molar-refractivity contribution in [1.82, 2.24) is 0 Å².